The molecule has 0 bridgehead atoms. The van der Waals surface area contributed by atoms with Gasteiger partial charge in [-0.15, -0.1) is 0 Å². The van der Waals surface area contributed by atoms with Gasteiger partial charge in [-0.3, -0.25) is 14.6 Å². The van der Waals surface area contributed by atoms with E-state index in [-0.39, 0.29) is 29.8 Å². The Morgan fingerprint density at radius 2 is 2.29 bits per heavy atom. The van der Waals surface area contributed by atoms with E-state index in [9.17, 15) is 9.59 Å². The molecule has 1 saturated heterocycles. The molecule has 2 aliphatic rings. The largest absolute Gasteiger partial charge is 0.372 e. The molecule has 1 unspecified atom stereocenters. The fourth-order valence-corrected chi connectivity index (χ4v) is 3.75. The minimum absolute atomic E-state index is 0.00863. The topological polar surface area (TPSA) is 71.5 Å². The van der Waals surface area contributed by atoms with Crippen LogP contribution >= 0.6 is 0 Å². The highest BCUT2D eigenvalue weighted by Gasteiger charge is 2.54. The number of hydrogen-bond acceptors (Lipinski definition) is 4. The Kier molecular flexibility index (Phi) is 5.14. The molecule has 2 fully saturated rings. The molecule has 1 spiro atoms. The van der Waals surface area contributed by atoms with Crippen molar-refractivity contribution < 1.29 is 14.3 Å². The molecule has 2 heterocycles. The minimum Gasteiger partial charge on any atom is -0.372 e. The summed E-state index contributed by atoms with van der Waals surface area (Å²) < 4.78 is 5.23. The third-order valence-electron chi connectivity index (χ3n) is 5.29. The number of likely N-dealkylation sites (tertiary alicyclic amines) is 1. The molecular formula is C18H25N3O3. The van der Waals surface area contributed by atoms with Crippen LogP contribution in [-0.2, 0) is 20.9 Å². The first-order valence-corrected chi connectivity index (χ1v) is 8.67. The van der Waals surface area contributed by atoms with Gasteiger partial charge in [0.15, 0.2) is 0 Å². The Morgan fingerprint density at radius 1 is 1.46 bits per heavy atom. The number of pyridine rings is 1. The van der Waals surface area contributed by atoms with Crippen molar-refractivity contribution in [2.45, 2.75) is 32.7 Å². The summed E-state index contributed by atoms with van der Waals surface area (Å²) >= 11 is 0. The van der Waals surface area contributed by atoms with Crippen LogP contribution in [0.15, 0.2) is 24.5 Å². The van der Waals surface area contributed by atoms with Gasteiger partial charge in [0.2, 0.25) is 11.8 Å². The molecule has 1 N–H and O–H groups in total. The average Bonchev–Trinajstić information content (AvgIpc) is 3.00. The van der Waals surface area contributed by atoms with Gasteiger partial charge in [-0.2, -0.15) is 0 Å². The number of carbonyl (C=O) groups excluding carboxylic acids is 2. The molecule has 2 amide bonds. The second kappa shape index (κ2) is 7.30. The van der Waals surface area contributed by atoms with Crippen LogP contribution in [0.3, 0.4) is 0 Å². The van der Waals surface area contributed by atoms with Crippen molar-refractivity contribution in [3.05, 3.63) is 30.1 Å². The number of nitrogens with zero attached hydrogens (tertiary/aromatic N) is 2. The van der Waals surface area contributed by atoms with Gasteiger partial charge in [-0.05, 0) is 31.4 Å². The summed E-state index contributed by atoms with van der Waals surface area (Å²) in [7, 11) is 0. The van der Waals surface area contributed by atoms with E-state index in [0.29, 0.717) is 26.2 Å². The molecule has 1 saturated carbocycles. The second-order valence-electron chi connectivity index (χ2n) is 6.76. The summed E-state index contributed by atoms with van der Waals surface area (Å²) in [6.45, 7) is 4.18. The Labute approximate surface area is 142 Å². The van der Waals surface area contributed by atoms with Gasteiger partial charge in [0.05, 0.1) is 5.92 Å². The second-order valence-corrected chi connectivity index (χ2v) is 6.76. The number of carbonyl (C=O) groups is 2. The normalized spacial score (nSPS) is 21.5. The van der Waals surface area contributed by atoms with Gasteiger partial charge in [0, 0.05) is 44.0 Å². The first-order chi connectivity index (χ1) is 11.6. The zero-order chi connectivity index (χ0) is 17.0. The van der Waals surface area contributed by atoms with Crippen molar-refractivity contribution in [1.82, 2.24) is 15.2 Å². The Bertz CT molecular complexity index is 586. The molecule has 1 aromatic rings. The van der Waals surface area contributed by atoms with Crippen LogP contribution in [-0.4, -0.2) is 48.0 Å². The first-order valence-electron chi connectivity index (χ1n) is 8.67. The fourth-order valence-electron chi connectivity index (χ4n) is 3.75. The van der Waals surface area contributed by atoms with E-state index in [1.807, 2.05) is 24.0 Å². The summed E-state index contributed by atoms with van der Waals surface area (Å²) in [5.41, 5.74) is 0.955. The molecule has 1 atom stereocenters. The van der Waals surface area contributed by atoms with Gasteiger partial charge in [0.25, 0.3) is 0 Å². The van der Waals surface area contributed by atoms with Crippen LogP contribution in [0.5, 0.6) is 0 Å². The van der Waals surface area contributed by atoms with Crippen LogP contribution < -0.4 is 5.32 Å². The molecule has 24 heavy (non-hydrogen) atoms. The molecule has 0 radical (unpaired) electrons. The van der Waals surface area contributed by atoms with E-state index >= 15 is 0 Å². The maximum Gasteiger partial charge on any atom is 0.248 e. The van der Waals surface area contributed by atoms with Crippen molar-refractivity contribution in [2.75, 3.05) is 26.3 Å². The standard InChI is InChI=1S/C18H25N3O3/c1-2-24-12-16(22)21-11-15(18(13-21)6-4-7-18)17(23)20-10-14-5-3-8-19-9-14/h3,5,8-9,15H,2,4,6-7,10-13H2,1H3,(H,20,23). The molecular weight excluding hydrogens is 306 g/mol. The van der Waals surface area contributed by atoms with Crippen LogP contribution in [0.2, 0.25) is 0 Å². The van der Waals surface area contributed by atoms with E-state index in [1.54, 1.807) is 12.4 Å². The summed E-state index contributed by atoms with van der Waals surface area (Å²) in [4.78, 5) is 30.8. The van der Waals surface area contributed by atoms with E-state index in [2.05, 4.69) is 10.3 Å². The molecule has 130 valence electrons. The number of ether oxygens (including phenoxy) is 1. The number of hydrogen-bond donors (Lipinski definition) is 1. The van der Waals surface area contributed by atoms with Crippen molar-refractivity contribution in [2.24, 2.45) is 11.3 Å². The van der Waals surface area contributed by atoms with Crippen LogP contribution in [0.4, 0.5) is 0 Å². The molecule has 3 rings (SSSR count). The lowest BCUT2D eigenvalue weighted by molar-refractivity contribution is -0.135. The Balaban J connectivity index is 1.60. The van der Waals surface area contributed by atoms with Crippen LogP contribution in [0, 0.1) is 11.3 Å². The molecule has 1 aliphatic carbocycles. The highest BCUT2D eigenvalue weighted by molar-refractivity contribution is 5.83. The Hall–Kier alpha value is -1.95. The number of aromatic nitrogens is 1. The third kappa shape index (κ3) is 3.43. The lowest BCUT2D eigenvalue weighted by Crippen LogP contribution is -2.45. The molecule has 1 aromatic heterocycles. The van der Waals surface area contributed by atoms with Crippen molar-refractivity contribution in [3.63, 3.8) is 0 Å². The lowest BCUT2D eigenvalue weighted by atomic mass is 9.62. The van der Waals surface area contributed by atoms with Crippen molar-refractivity contribution >= 4 is 11.8 Å². The van der Waals surface area contributed by atoms with Crippen LogP contribution in [0.25, 0.3) is 0 Å². The average molecular weight is 331 g/mol. The van der Waals surface area contributed by atoms with Crippen molar-refractivity contribution in [1.29, 1.82) is 0 Å². The predicted octanol–water partition coefficient (Wildman–Crippen LogP) is 1.36. The molecule has 6 heteroatoms. The maximum atomic E-state index is 12.7. The van der Waals surface area contributed by atoms with E-state index < -0.39 is 0 Å². The number of rotatable bonds is 6. The van der Waals surface area contributed by atoms with Gasteiger partial charge in [-0.1, -0.05) is 12.5 Å². The molecule has 6 nitrogen and oxygen atoms in total. The zero-order valence-electron chi connectivity index (χ0n) is 14.2. The third-order valence-corrected chi connectivity index (χ3v) is 5.29. The van der Waals surface area contributed by atoms with E-state index in [0.717, 1.165) is 24.8 Å². The fraction of sp³-hybridized carbons (Fsp3) is 0.611. The van der Waals surface area contributed by atoms with Crippen LogP contribution in [0.1, 0.15) is 31.7 Å². The lowest BCUT2D eigenvalue weighted by Gasteiger charge is -2.41. The summed E-state index contributed by atoms with van der Waals surface area (Å²) in [6.07, 6.45) is 6.66. The quantitative estimate of drug-likeness (QED) is 0.854. The van der Waals surface area contributed by atoms with Gasteiger partial charge >= 0.3 is 0 Å². The minimum atomic E-state index is -0.117. The monoisotopic (exact) mass is 331 g/mol. The summed E-state index contributed by atoms with van der Waals surface area (Å²) in [6, 6.07) is 3.80. The highest BCUT2D eigenvalue weighted by atomic mass is 16.5. The SMILES string of the molecule is CCOCC(=O)N1CC(C(=O)NCc2cccnc2)C2(CCC2)C1. The van der Waals surface area contributed by atoms with E-state index in [4.69, 9.17) is 4.74 Å². The molecule has 0 aromatic carbocycles. The van der Waals surface area contributed by atoms with Gasteiger partial charge in [0.1, 0.15) is 6.61 Å². The van der Waals surface area contributed by atoms with E-state index in [1.165, 1.54) is 0 Å². The Morgan fingerprint density at radius 3 is 2.92 bits per heavy atom. The van der Waals surface area contributed by atoms with Gasteiger partial charge < -0.3 is 15.0 Å². The molecule has 1 aliphatic heterocycles. The predicted molar refractivity (Wildman–Crippen MR) is 88.9 cm³/mol. The smallest absolute Gasteiger partial charge is 0.248 e. The summed E-state index contributed by atoms with van der Waals surface area (Å²) in [5, 5.41) is 3.02. The number of amides is 2. The maximum absolute atomic E-state index is 12.7. The zero-order valence-corrected chi connectivity index (χ0v) is 14.2. The first kappa shape index (κ1) is 16.9. The highest BCUT2D eigenvalue weighted by Crippen LogP contribution is 2.51. The van der Waals surface area contributed by atoms with Gasteiger partial charge in [-0.25, -0.2) is 0 Å². The number of nitrogens with one attached hydrogen (secondary N) is 1. The van der Waals surface area contributed by atoms with Crippen molar-refractivity contribution in [3.8, 4) is 0 Å². The summed E-state index contributed by atoms with van der Waals surface area (Å²) in [5.74, 6) is -0.0792.